The molecule has 1 aromatic heterocycles. The molecule has 0 spiro atoms. The highest BCUT2D eigenvalue weighted by Crippen LogP contribution is 2.31. The Morgan fingerprint density at radius 1 is 1.06 bits per heavy atom. The van der Waals surface area contributed by atoms with Crippen LogP contribution in [0.4, 0.5) is 0 Å². The number of nitrogens with zero attached hydrogens (tertiary/aromatic N) is 1. The number of benzene rings is 1. The van der Waals surface area contributed by atoms with Gasteiger partial charge in [0.05, 0.1) is 9.67 Å². The van der Waals surface area contributed by atoms with E-state index in [4.69, 9.17) is 9.47 Å². The van der Waals surface area contributed by atoms with E-state index >= 15 is 0 Å². The zero-order valence-electron chi connectivity index (χ0n) is 10.3. The van der Waals surface area contributed by atoms with Gasteiger partial charge >= 0.3 is 0 Å². The van der Waals surface area contributed by atoms with Gasteiger partial charge in [-0.2, -0.15) is 0 Å². The molecule has 0 radical (unpaired) electrons. The van der Waals surface area contributed by atoms with Crippen LogP contribution in [0.5, 0.6) is 17.4 Å². The fourth-order valence-corrected chi connectivity index (χ4v) is 1.93. The lowest BCUT2D eigenvalue weighted by molar-refractivity contribution is 0.231. The molecule has 0 amide bonds. The molecular weight excluding hydrogens is 341 g/mol. The molecule has 0 aliphatic heterocycles. The lowest BCUT2D eigenvalue weighted by Gasteiger charge is -2.13. The minimum absolute atomic E-state index is 0.0893. The van der Waals surface area contributed by atoms with Crippen molar-refractivity contribution in [3.05, 3.63) is 46.2 Å². The average Bonchev–Trinajstić information content (AvgIpc) is 2.34. The topological polar surface area (TPSA) is 31.4 Å². The van der Waals surface area contributed by atoms with Crippen LogP contribution in [-0.4, -0.2) is 11.1 Å². The predicted molar refractivity (Wildman–Crippen MR) is 79.2 cm³/mol. The molecule has 0 aliphatic carbocycles. The second-order valence-corrected chi connectivity index (χ2v) is 5.17. The van der Waals surface area contributed by atoms with Crippen molar-refractivity contribution in [2.24, 2.45) is 0 Å². The van der Waals surface area contributed by atoms with Crippen LogP contribution in [0.25, 0.3) is 0 Å². The largest absolute Gasteiger partial charge is 0.485 e. The zero-order valence-corrected chi connectivity index (χ0v) is 12.4. The van der Waals surface area contributed by atoms with Crippen LogP contribution in [0.2, 0.25) is 0 Å². The Balaban J connectivity index is 2.26. The molecule has 0 saturated heterocycles. The van der Waals surface area contributed by atoms with Crippen LogP contribution < -0.4 is 9.47 Å². The molecule has 94 valence electrons. The van der Waals surface area contributed by atoms with Crippen molar-refractivity contribution in [3.63, 3.8) is 0 Å². The van der Waals surface area contributed by atoms with E-state index < -0.39 is 0 Å². The monoisotopic (exact) mass is 355 g/mol. The number of aromatic nitrogens is 1. The van der Waals surface area contributed by atoms with Gasteiger partial charge in [0.1, 0.15) is 5.75 Å². The Kier molecular flexibility index (Phi) is 4.41. The molecule has 0 bridgehead atoms. The van der Waals surface area contributed by atoms with Crippen LogP contribution in [0.3, 0.4) is 0 Å². The van der Waals surface area contributed by atoms with Gasteiger partial charge in [-0.05, 0) is 60.7 Å². The maximum absolute atomic E-state index is 5.80. The van der Waals surface area contributed by atoms with Gasteiger partial charge in [-0.15, -0.1) is 0 Å². The molecular formula is C14H14INO2. The number of halogens is 1. The quantitative estimate of drug-likeness (QED) is 0.768. The van der Waals surface area contributed by atoms with E-state index in [-0.39, 0.29) is 6.10 Å². The summed E-state index contributed by atoms with van der Waals surface area (Å²) in [6.07, 6.45) is 1.78. The molecule has 1 aromatic carbocycles. The van der Waals surface area contributed by atoms with Crippen molar-refractivity contribution in [1.29, 1.82) is 0 Å². The average molecular weight is 355 g/mol. The van der Waals surface area contributed by atoms with Gasteiger partial charge in [0.25, 0.3) is 5.88 Å². The summed E-state index contributed by atoms with van der Waals surface area (Å²) in [6.45, 7) is 3.95. The van der Waals surface area contributed by atoms with Gasteiger partial charge in [0, 0.05) is 6.20 Å². The Bertz CT molecular complexity index is 529. The number of hydrogen-bond acceptors (Lipinski definition) is 3. The third-order valence-electron chi connectivity index (χ3n) is 2.14. The highest BCUT2D eigenvalue weighted by Gasteiger charge is 2.10. The van der Waals surface area contributed by atoms with Gasteiger partial charge in [-0.3, -0.25) is 0 Å². The SMILES string of the molecule is CC(C)Oc1cccnc1Oc1ccccc1I. The first kappa shape index (κ1) is 13.1. The molecule has 2 rings (SSSR count). The number of para-hydroxylation sites is 1. The van der Waals surface area contributed by atoms with Crippen LogP contribution >= 0.6 is 22.6 Å². The van der Waals surface area contributed by atoms with Crippen molar-refractivity contribution in [2.75, 3.05) is 0 Å². The first-order chi connectivity index (χ1) is 8.66. The van der Waals surface area contributed by atoms with Gasteiger partial charge in [-0.1, -0.05) is 12.1 Å². The molecule has 3 nitrogen and oxygen atoms in total. The zero-order chi connectivity index (χ0) is 13.0. The van der Waals surface area contributed by atoms with Crippen molar-refractivity contribution < 1.29 is 9.47 Å². The van der Waals surface area contributed by atoms with E-state index in [2.05, 4.69) is 27.6 Å². The van der Waals surface area contributed by atoms with E-state index in [0.29, 0.717) is 11.6 Å². The summed E-state index contributed by atoms with van der Waals surface area (Å²) in [6, 6.07) is 11.5. The first-order valence-electron chi connectivity index (χ1n) is 5.71. The molecule has 0 unspecified atom stereocenters. The van der Waals surface area contributed by atoms with E-state index in [0.717, 1.165) is 9.32 Å². The molecule has 4 heteroatoms. The smallest absolute Gasteiger partial charge is 0.262 e. The summed E-state index contributed by atoms with van der Waals surface area (Å²) in [5, 5.41) is 0. The second-order valence-electron chi connectivity index (χ2n) is 4.01. The van der Waals surface area contributed by atoms with Crippen molar-refractivity contribution in [1.82, 2.24) is 4.98 Å². The summed E-state index contributed by atoms with van der Waals surface area (Å²) < 4.78 is 12.5. The van der Waals surface area contributed by atoms with Gasteiger partial charge in [-0.25, -0.2) is 4.98 Å². The van der Waals surface area contributed by atoms with E-state index in [9.17, 15) is 0 Å². The second kappa shape index (κ2) is 6.04. The van der Waals surface area contributed by atoms with Crippen molar-refractivity contribution >= 4 is 22.6 Å². The Hall–Kier alpha value is -1.30. The first-order valence-corrected chi connectivity index (χ1v) is 6.79. The summed E-state index contributed by atoms with van der Waals surface area (Å²) >= 11 is 2.23. The van der Waals surface area contributed by atoms with Crippen LogP contribution in [-0.2, 0) is 0 Å². The Morgan fingerprint density at radius 2 is 1.78 bits per heavy atom. The minimum atomic E-state index is 0.0893. The van der Waals surface area contributed by atoms with E-state index in [1.54, 1.807) is 6.20 Å². The third-order valence-corrected chi connectivity index (χ3v) is 3.03. The fourth-order valence-electron chi connectivity index (χ4n) is 1.43. The fraction of sp³-hybridized carbons (Fsp3) is 0.214. The number of pyridine rings is 1. The Labute approximate surface area is 120 Å². The molecule has 0 fully saturated rings. The van der Waals surface area contributed by atoms with E-state index in [1.165, 1.54) is 0 Å². The normalized spacial score (nSPS) is 10.4. The van der Waals surface area contributed by atoms with E-state index in [1.807, 2.05) is 50.2 Å². The molecule has 0 atom stereocenters. The van der Waals surface area contributed by atoms with Gasteiger partial charge in [0.15, 0.2) is 5.75 Å². The Morgan fingerprint density at radius 3 is 2.50 bits per heavy atom. The number of rotatable bonds is 4. The standard InChI is InChI=1S/C14H14INO2/c1-10(2)17-13-8-5-9-16-14(13)18-12-7-4-3-6-11(12)15/h3-10H,1-2H3. The number of ether oxygens (including phenoxy) is 2. The van der Waals surface area contributed by atoms with Gasteiger partial charge < -0.3 is 9.47 Å². The van der Waals surface area contributed by atoms with Gasteiger partial charge in [0.2, 0.25) is 0 Å². The third kappa shape index (κ3) is 3.35. The minimum Gasteiger partial charge on any atom is -0.485 e. The molecule has 18 heavy (non-hydrogen) atoms. The summed E-state index contributed by atoms with van der Waals surface area (Å²) in [7, 11) is 0. The molecule has 0 N–H and O–H groups in total. The van der Waals surface area contributed by atoms with Crippen molar-refractivity contribution in [3.8, 4) is 17.4 Å². The summed E-state index contributed by atoms with van der Waals surface area (Å²) in [5.41, 5.74) is 0. The maximum atomic E-state index is 5.80. The molecule has 2 aromatic rings. The number of hydrogen-bond donors (Lipinski definition) is 0. The molecule has 1 heterocycles. The molecule has 0 aliphatic rings. The van der Waals surface area contributed by atoms with Crippen molar-refractivity contribution in [2.45, 2.75) is 20.0 Å². The highest BCUT2D eigenvalue weighted by molar-refractivity contribution is 14.1. The summed E-state index contributed by atoms with van der Waals surface area (Å²) in [5.74, 6) is 1.94. The maximum Gasteiger partial charge on any atom is 0.262 e. The predicted octanol–water partition coefficient (Wildman–Crippen LogP) is 4.27. The van der Waals surface area contributed by atoms with Crippen LogP contribution in [0.15, 0.2) is 42.6 Å². The van der Waals surface area contributed by atoms with Crippen LogP contribution in [0, 0.1) is 3.57 Å². The lowest BCUT2D eigenvalue weighted by atomic mass is 10.3. The molecule has 0 saturated carbocycles. The highest BCUT2D eigenvalue weighted by atomic mass is 127. The lowest BCUT2D eigenvalue weighted by Crippen LogP contribution is -2.07. The summed E-state index contributed by atoms with van der Waals surface area (Å²) in [4.78, 5) is 4.22. The van der Waals surface area contributed by atoms with Crippen LogP contribution in [0.1, 0.15) is 13.8 Å².